The summed E-state index contributed by atoms with van der Waals surface area (Å²) in [5.74, 6) is 0. The molecular formula is C11H17NO4S. The molecule has 6 heteroatoms. The van der Waals surface area contributed by atoms with Crippen molar-refractivity contribution in [3.05, 3.63) is 23.9 Å². The van der Waals surface area contributed by atoms with E-state index in [0.717, 1.165) is 6.26 Å². The molecule has 0 radical (unpaired) electrons. The summed E-state index contributed by atoms with van der Waals surface area (Å²) in [6.07, 6.45) is 2.01. The van der Waals surface area contributed by atoms with Gasteiger partial charge in [-0.2, -0.15) is 0 Å². The highest BCUT2D eigenvalue weighted by Crippen LogP contribution is 2.20. The SMILES string of the molecule is CCOC(OCC)c1ccnc(S(C)(=O)=O)c1. The first kappa shape index (κ1) is 14.1. The van der Waals surface area contributed by atoms with Crippen molar-refractivity contribution >= 4 is 9.84 Å². The Kier molecular flexibility index (Phi) is 5.04. The standard InChI is InChI=1S/C11H17NO4S/c1-4-15-11(16-5-2)9-6-7-12-10(8-9)17(3,13)14/h6-8,11H,4-5H2,1-3H3. The summed E-state index contributed by atoms with van der Waals surface area (Å²) in [7, 11) is -3.31. The fourth-order valence-electron chi connectivity index (χ4n) is 1.32. The van der Waals surface area contributed by atoms with Gasteiger partial charge in [0, 0.05) is 31.2 Å². The first-order chi connectivity index (χ1) is 7.99. The Morgan fingerprint density at radius 2 is 1.88 bits per heavy atom. The fraction of sp³-hybridized carbons (Fsp3) is 0.545. The lowest BCUT2D eigenvalue weighted by Gasteiger charge is -2.17. The van der Waals surface area contributed by atoms with E-state index < -0.39 is 16.1 Å². The molecule has 0 aliphatic heterocycles. The summed E-state index contributed by atoms with van der Waals surface area (Å²) in [6, 6.07) is 3.16. The molecular weight excluding hydrogens is 242 g/mol. The average Bonchev–Trinajstić information content (AvgIpc) is 2.28. The van der Waals surface area contributed by atoms with Crippen LogP contribution in [0.25, 0.3) is 0 Å². The second-order valence-electron chi connectivity index (χ2n) is 3.44. The van der Waals surface area contributed by atoms with E-state index in [2.05, 4.69) is 4.98 Å². The smallest absolute Gasteiger partial charge is 0.192 e. The van der Waals surface area contributed by atoms with Crippen LogP contribution in [0, 0.1) is 0 Å². The summed E-state index contributed by atoms with van der Waals surface area (Å²) in [5.41, 5.74) is 0.657. The number of hydrogen-bond acceptors (Lipinski definition) is 5. The van der Waals surface area contributed by atoms with E-state index in [9.17, 15) is 8.42 Å². The van der Waals surface area contributed by atoms with Gasteiger partial charge in [-0.15, -0.1) is 0 Å². The monoisotopic (exact) mass is 259 g/mol. The van der Waals surface area contributed by atoms with E-state index in [-0.39, 0.29) is 5.03 Å². The zero-order valence-electron chi connectivity index (χ0n) is 10.2. The van der Waals surface area contributed by atoms with Gasteiger partial charge in [-0.25, -0.2) is 13.4 Å². The van der Waals surface area contributed by atoms with Crippen molar-refractivity contribution < 1.29 is 17.9 Å². The van der Waals surface area contributed by atoms with E-state index >= 15 is 0 Å². The van der Waals surface area contributed by atoms with Crippen LogP contribution in [-0.4, -0.2) is 32.9 Å². The zero-order chi connectivity index (χ0) is 12.9. The molecule has 96 valence electrons. The van der Waals surface area contributed by atoms with Crippen LogP contribution in [0.5, 0.6) is 0 Å². The summed E-state index contributed by atoms with van der Waals surface area (Å²) >= 11 is 0. The van der Waals surface area contributed by atoms with Crippen LogP contribution in [-0.2, 0) is 19.3 Å². The lowest BCUT2D eigenvalue weighted by atomic mass is 10.2. The lowest BCUT2D eigenvalue weighted by Crippen LogP contribution is -2.10. The molecule has 0 saturated heterocycles. The van der Waals surface area contributed by atoms with Gasteiger partial charge in [-0.05, 0) is 26.0 Å². The molecule has 0 aliphatic rings. The number of pyridine rings is 1. The van der Waals surface area contributed by atoms with Gasteiger partial charge >= 0.3 is 0 Å². The summed E-state index contributed by atoms with van der Waals surface area (Å²) in [6.45, 7) is 4.68. The Morgan fingerprint density at radius 3 is 2.35 bits per heavy atom. The summed E-state index contributed by atoms with van der Waals surface area (Å²) in [4.78, 5) is 3.81. The molecule has 1 rings (SSSR count). The van der Waals surface area contributed by atoms with Crippen molar-refractivity contribution in [2.24, 2.45) is 0 Å². The van der Waals surface area contributed by atoms with E-state index in [4.69, 9.17) is 9.47 Å². The Labute approximate surface area is 102 Å². The molecule has 0 amide bonds. The lowest BCUT2D eigenvalue weighted by molar-refractivity contribution is -0.140. The van der Waals surface area contributed by atoms with Crippen LogP contribution in [0.1, 0.15) is 25.7 Å². The second kappa shape index (κ2) is 6.09. The molecule has 1 heterocycles. The Bertz CT molecular complexity index is 452. The molecule has 0 bridgehead atoms. The molecule has 0 saturated carbocycles. The van der Waals surface area contributed by atoms with Crippen LogP contribution < -0.4 is 0 Å². The zero-order valence-corrected chi connectivity index (χ0v) is 11.0. The van der Waals surface area contributed by atoms with Crippen LogP contribution in [0.4, 0.5) is 0 Å². The van der Waals surface area contributed by atoms with Crippen LogP contribution in [0.2, 0.25) is 0 Å². The number of nitrogens with zero attached hydrogens (tertiary/aromatic N) is 1. The summed E-state index contributed by atoms with van der Waals surface area (Å²) in [5, 5.41) is 0.0272. The highest BCUT2D eigenvalue weighted by atomic mass is 32.2. The van der Waals surface area contributed by atoms with Crippen LogP contribution in [0.3, 0.4) is 0 Å². The Balaban J connectivity index is 3.04. The maximum Gasteiger partial charge on any atom is 0.192 e. The van der Waals surface area contributed by atoms with Gasteiger partial charge in [-0.3, -0.25) is 0 Å². The highest BCUT2D eigenvalue weighted by Gasteiger charge is 2.15. The number of sulfone groups is 1. The number of aromatic nitrogens is 1. The van der Waals surface area contributed by atoms with Crippen molar-refractivity contribution in [3.63, 3.8) is 0 Å². The average molecular weight is 259 g/mol. The van der Waals surface area contributed by atoms with E-state index in [1.807, 2.05) is 13.8 Å². The van der Waals surface area contributed by atoms with Gasteiger partial charge in [0.1, 0.15) is 0 Å². The minimum atomic E-state index is -3.31. The predicted molar refractivity (Wildman–Crippen MR) is 63.3 cm³/mol. The second-order valence-corrected chi connectivity index (χ2v) is 5.40. The quantitative estimate of drug-likeness (QED) is 0.725. The largest absolute Gasteiger partial charge is 0.349 e. The number of ether oxygens (including phenoxy) is 2. The van der Waals surface area contributed by atoms with E-state index in [0.29, 0.717) is 18.8 Å². The molecule has 0 unspecified atom stereocenters. The van der Waals surface area contributed by atoms with Crippen LogP contribution in [0.15, 0.2) is 23.4 Å². The molecule has 0 aliphatic carbocycles. The maximum absolute atomic E-state index is 11.4. The molecule has 0 N–H and O–H groups in total. The summed E-state index contributed by atoms with van der Waals surface area (Å²) < 4.78 is 33.5. The molecule has 1 aromatic rings. The first-order valence-corrected chi connectivity index (χ1v) is 7.27. The van der Waals surface area contributed by atoms with E-state index in [1.54, 1.807) is 6.07 Å². The van der Waals surface area contributed by atoms with Gasteiger partial charge < -0.3 is 9.47 Å². The van der Waals surface area contributed by atoms with Crippen LogP contribution >= 0.6 is 0 Å². The van der Waals surface area contributed by atoms with Gasteiger partial charge in [0.15, 0.2) is 21.2 Å². The highest BCUT2D eigenvalue weighted by molar-refractivity contribution is 7.90. The minimum absolute atomic E-state index is 0.0272. The van der Waals surface area contributed by atoms with E-state index in [1.165, 1.54) is 12.3 Å². The normalized spacial score (nSPS) is 12.0. The maximum atomic E-state index is 11.4. The van der Waals surface area contributed by atoms with Crippen molar-refractivity contribution in [1.82, 2.24) is 4.98 Å². The molecule has 0 atom stereocenters. The Morgan fingerprint density at radius 1 is 1.29 bits per heavy atom. The number of hydrogen-bond donors (Lipinski definition) is 0. The molecule has 0 spiro atoms. The third kappa shape index (κ3) is 4.07. The van der Waals surface area contributed by atoms with Gasteiger partial charge in [0.2, 0.25) is 0 Å². The van der Waals surface area contributed by atoms with Crippen molar-refractivity contribution in [1.29, 1.82) is 0 Å². The van der Waals surface area contributed by atoms with Gasteiger partial charge in [0.25, 0.3) is 0 Å². The minimum Gasteiger partial charge on any atom is -0.349 e. The number of rotatable bonds is 6. The predicted octanol–water partition coefficient (Wildman–Crippen LogP) is 1.56. The third-order valence-corrected chi connectivity index (χ3v) is 3.03. The molecule has 5 nitrogen and oxygen atoms in total. The molecule has 0 fully saturated rings. The Hall–Kier alpha value is -0.980. The molecule has 17 heavy (non-hydrogen) atoms. The fourth-order valence-corrected chi connectivity index (χ4v) is 1.92. The van der Waals surface area contributed by atoms with Crippen molar-refractivity contribution in [3.8, 4) is 0 Å². The first-order valence-electron chi connectivity index (χ1n) is 5.38. The van der Waals surface area contributed by atoms with Gasteiger partial charge in [0.05, 0.1) is 0 Å². The van der Waals surface area contributed by atoms with Gasteiger partial charge in [-0.1, -0.05) is 0 Å². The van der Waals surface area contributed by atoms with Crippen molar-refractivity contribution in [2.45, 2.75) is 25.2 Å². The molecule has 1 aromatic heterocycles. The topological polar surface area (TPSA) is 65.5 Å². The van der Waals surface area contributed by atoms with Crippen molar-refractivity contribution in [2.75, 3.05) is 19.5 Å². The molecule has 0 aromatic carbocycles. The third-order valence-electron chi connectivity index (χ3n) is 2.05.